The van der Waals surface area contributed by atoms with E-state index in [2.05, 4.69) is 27.7 Å². The highest BCUT2D eigenvalue weighted by atomic mass is 17.2. The van der Waals surface area contributed by atoms with Gasteiger partial charge < -0.3 is 4.74 Å². The van der Waals surface area contributed by atoms with Crippen molar-refractivity contribution < 1.29 is 14.5 Å². The van der Waals surface area contributed by atoms with E-state index in [0.717, 1.165) is 12.8 Å². The Labute approximate surface area is 260 Å². The number of hydrogen-bond donors (Lipinski definition) is 0. The SMILES string of the molecule is CCCCCCCCCCCCCCCCC(C)OCCOOC(C)CCCCCCCCCCCCCCCC. The van der Waals surface area contributed by atoms with Gasteiger partial charge in [0.15, 0.2) is 0 Å². The molecule has 0 aromatic rings. The van der Waals surface area contributed by atoms with Crippen LogP contribution in [0.15, 0.2) is 0 Å². The second-order valence-corrected chi connectivity index (χ2v) is 13.2. The molecule has 0 spiro atoms. The minimum atomic E-state index is 0.181. The lowest BCUT2D eigenvalue weighted by atomic mass is 10.0. The first-order valence-electron chi connectivity index (χ1n) is 19.1. The Morgan fingerprint density at radius 3 is 0.976 bits per heavy atom. The molecule has 0 aliphatic rings. The second kappa shape index (κ2) is 36.1. The summed E-state index contributed by atoms with van der Waals surface area (Å²) in [5, 5.41) is 0. The Bertz CT molecular complexity index is 415. The van der Waals surface area contributed by atoms with Crippen molar-refractivity contribution in [2.75, 3.05) is 13.2 Å². The highest BCUT2D eigenvalue weighted by Gasteiger charge is 2.05. The van der Waals surface area contributed by atoms with Crippen molar-refractivity contribution in [1.82, 2.24) is 0 Å². The molecule has 0 N–H and O–H groups in total. The molecule has 2 atom stereocenters. The molecular formula is C38H78O3. The van der Waals surface area contributed by atoms with E-state index in [9.17, 15) is 0 Å². The molecule has 248 valence electrons. The number of unbranched alkanes of at least 4 members (excludes halogenated alkanes) is 26. The summed E-state index contributed by atoms with van der Waals surface area (Å²) >= 11 is 0. The third kappa shape index (κ3) is 36.0. The molecule has 0 saturated carbocycles. The van der Waals surface area contributed by atoms with Gasteiger partial charge in [0.1, 0.15) is 6.61 Å². The highest BCUT2D eigenvalue weighted by molar-refractivity contribution is 4.54. The van der Waals surface area contributed by atoms with E-state index in [4.69, 9.17) is 14.5 Å². The minimum absolute atomic E-state index is 0.181. The normalized spacial score (nSPS) is 13.2. The molecule has 0 saturated heterocycles. The van der Waals surface area contributed by atoms with Gasteiger partial charge in [0.05, 0.1) is 18.8 Å². The average Bonchev–Trinajstić information content (AvgIpc) is 2.97. The number of hydrogen-bond acceptors (Lipinski definition) is 3. The summed E-state index contributed by atoms with van der Waals surface area (Å²) in [7, 11) is 0. The van der Waals surface area contributed by atoms with E-state index in [1.165, 1.54) is 180 Å². The molecule has 0 radical (unpaired) electrons. The topological polar surface area (TPSA) is 27.7 Å². The molecule has 0 fully saturated rings. The molecule has 0 bridgehead atoms. The van der Waals surface area contributed by atoms with Crippen LogP contribution >= 0.6 is 0 Å². The molecule has 0 aliphatic carbocycles. The van der Waals surface area contributed by atoms with E-state index in [0.29, 0.717) is 19.3 Å². The van der Waals surface area contributed by atoms with Gasteiger partial charge in [-0.3, -0.25) is 0 Å². The van der Waals surface area contributed by atoms with Crippen LogP contribution in [0.4, 0.5) is 0 Å². The zero-order chi connectivity index (χ0) is 29.9. The van der Waals surface area contributed by atoms with Gasteiger partial charge in [-0.25, -0.2) is 9.78 Å². The molecule has 2 unspecified atom stereocenters. The van der Waals surface area contributed by atoms with E-state index in [-0.39, 0.29) is 6.10 Å². The molecular weight excluding hydrogens is 504 g/mol. The van der Waals surface area contributed by atoms with Crippen LogP contribution in [0.25, 0.3) is 0 Å². The Hall–Kier alpha value is -0.120. The maximum absolute atomic E-state index is 5.92. The summed E-state index contributed by atoms with van der Waals surface area (Å²) in [6.45, 7) is 10.1. The lowest BCUT2D eigenvalue weighted by Crippen LogP contribution is -2.15. The Morgan fingerprint density at radius 1 is 0.341 bits per heavy atom. The lowest BCUT2D eigenvalue weighted by molar-refractivity contribution is -0.326. The second-order valence-electron chi connectivity index (χ2n) is 13.2. The zero-order valence-electron chi connectivity index (χ0n) is 29.0. The van der Waals surface area contributed by atoms with Crippen LogP contribution in [0, 0.1) is 0 Å². The van der Waals surface area contributed by atoms with Crippen molar-refractivity contribution in [1.29, 1.82) is 0 Å². The largest absolute Gasteiger partial charge is 0.376 e. The van der Waals surface area contributed by atoms with Crippen LogP contribution in [-0.4, -0.2) is 25.4 Å². The first kappa shape index (κ1) is 40.9. The average molecular weight is 583 g/mol. The summed E-state index contributed by atoms with van der Waals surface area (Å²) in [4.78, 5) is 11.0. The smallest absolute Gasteiger partial charge is 0.106 e. The van der Waals surface area contributed by atoms with Crippen LogP contribution in [0.2, 0.25) is 0 Å². The first-order chi connectivity index (χ1) is 20.2. The maximum Gasteiger partial charge on any atom is 0.106 e. The number of rotatable bonds is 36. The third-order valence-electron chi connectivity index (χ3n) is 8.73. The van der Waals surface area contributed by atoms with E-state index in [1.807, 2.05) is 0 Å². The van der Waals surface area contributed by atoms with Gasteiger partial charge in [-0.1, -0.05) is 194 Å². The summed E-state index contributed by atoms with van der Waals surface area (Å²) in [6, 6.07) is 0. The van der Waals surface area contributed by atoms with Gasteiger partial charge >= 0.3 is 0 Å². The first-order valence-corrected chi connectivity index (χ1v) is 19.1. The summed E-state index contributed by atoms with van der Waals surface area (Å²) in [5.41, 5.74) is 0. The van der Waals surface area contributed by atoms with E-state index < -0.39 is 0 Å². The van der Waals surface area contributed by atoms with Crippen molar-refractivity contribution in [3.05, 3.63) is 0 Å². The maximum atomic E-state index is 5.92. The fourth-order valence-electron chi connectivity index (χ4n) is 5.83. The van der Waals surface area contributed by atoms with Crippen molar-refractivity contribution >= 4 is 0 Å². The van der Waals surface area contributed by atoms with Crippen LogP contribution < -0.4 is 0 Å². The van der Waals surface area contributed by atoms with Gasteiger partial charge in [-0.2, -0.15) is 0 Å². The molecule has 0 aromatic carbocycles. The predicted molar refractivity (Wildman–Crippen MR) is 182 cm³/mol. The molecule has 41 heavy (non-hydrogen) atoms. The summed E-state index contributed by atoms with van der Waals surface area (Å²) in [5.74, 6) is 0. The number of ether oxygens (including phenoxy) is 1. The Balaban J connectivity index is 3.25. The summed E-state index contributed by atoms with van der Waals surface area (Å²) in [6.07, 6.45) is 42.2. The fraction of sp³-hybridized carbons (Fsp3) is 1.00. The lowest BCUT2D eigenvalue weighted by Gasteiger charge is -2.14. The molecule has 0 aliphatic heterocycles. The minimum Gasteiger partial charge on any atom is -0.376 e. The van der Waals surface area contributed by atoms with Gasteiger partial charge in [-0.05, 0) is 26.7 Å². The molecule has 0 amide bonds. The Kier molecular flexibility index (Phi) is 36.0. The van der Waals surface area contributed by atoms with Crippen molar-refractivity contribution in [2.45, 2.75) is 233 Å². The Morgan fingerprint density at radius 2 is 0.634 bits per heavy atom. The van der Waals surface area contributed by atoms with Crippen LogP contribution in [0.3, 0.4) is 0 Å². The predicted octanol–water partition coefficient (Wildman–Crippen LogP) is 13.5. The van der Waals surface area contributed by atoms with Gasteiger partial charge in [0.2, 0.25) is 0 Å². The van der Waals surface area contributed by atoms with Crippen LogP contribution in [-0.2, 0) is 14.5 Å². The monoisotopic (exact) mass is 583 g/mol. The molecule has 0 rings (SSSR count). The van der Waals surface area contributed by atoms with Crippen molar-refractivity contribution in [3.63, 3.8) is 0 Å². The van der Waals surface area contributed by atoms with E-state index in [1.54, 1.807) is 0 Å². The molecule has 0 aromatic heterocycles. The van der Waals surface area contributed by atoms with Gasteiger partial charge in [-0.15, -0.1) is 0 Å². The summed E-state index contributed by atoms with van der Waals surface area (Å²) < 4.78 is 5.92. The molecule has 0 heterocycles. The van der Waals surface area contributed by atoms with Crippen LogP contribution in [0.5, 0.6) is 0 Å². The van der Waals surface area contributed by atoms with Gasteiger partial charge in [0, 0.05) is 0 Å². The standard InChI is InChI=1S/C38H78O3/c1-5-7-9-11-13-15-17-19-21-23-25-27-29-31-33-37(3)39-35-36-40-41-38(4)34-32-30-28-26-24-22-20-18-16-14-12-10-8-6-2/h37-38H,5-36H2,1-4H3. The van der Waals surface area contributed by atoms with Crippen molar-refractivity contribution in [3.8, 4) is 0 Å². The van der Waals surface area contributed by atoms with E-state index >= 15 is 0 Å². The van der Waals surface area contributed by atoms with Gasteiger partial charge in [0.25, 0.3) is 0 Å². The molecule has 3 heteroatoms. The van der Waals surface area contributed by atoms with Crippen molar-refractivity contribution in [2.24, 2.45) is 0 Å². The third-order valence-corrected chi connectivity index (χ3v) is 8.73. The highest BCUT2D eigenvalue weighted by Crippen LogP contribution is 2.16. The fourth-order valence-corrected chi connectivity index (χ4v) is 5.83. The molecule has 3 nitrogen and oxygen atoms in total. The zero-order valence-corrected chi connectivity index (χ0v) is 29.0. The van der Waals surface area contributed by atoms with Crippen LogP contribution in [0.1, 0.15) is 220 Å². The quantitative estimate of drug-likeness (QED) is 0.0418.